The van der Waals surface area contributed by atoms with Crippen LogP contribution in [-0.2, 0) is 0 Å². The number of ketones is 1. The number of hydrogen-bond acceptors (Lipinski definition) is 6. The highest BCUT2D eigenvalue weighted by atomic mass is 16.5. The Morgan fingerprint density at radius 2 is 1.65 bits per heavy atom. The zero-order chi connectivity index (χ0) is 26.4. The van der Waals surface area contributed by atoms with Crippen molar-refractivity contribution in [3.05, 3.63) is 47.0 Å². The van der Waals surface area contributed by atoms with Crippen LogP contribution < -0.4 is 14.2 Å². The first-order chi connectivity index (χ1) is 16.3. The SMILES string of the molecule is [2H]C([2H])(CCCC([2H])([2H])Oc1ccc(C(=O)CCC)c(O)c1C)Oc1ccc(C(=O)O)cc1OC. The van der Waals surface area contributed by atoms with Crippen molar-refractivity contribution in [3.8, 4) is 23.0 Å². The number of aromatic hydroxyl groups is 1. The summed E-state index contributed by atoms with van der Waals surface area (Å²) >= 11 is 0. The van der Waals surface area contributed by atoms with Gasteiger partial charge in [0.2, 0.25) is 0 Å². The Balaban J connectivity index is 2.01. The maximum atomic E-state index is 12.1. The number of Topliss-reactive ketones (excluding diaryl/α,β-unsaturated/α-hetero) is 1. The van der Waals surface area contributed by atoms with E-state index in [2.05, 4.69) is 0 Å². The van der Waals surface area contributed by atoms with E-state index in [1.54, 1.807) is 0 Å². The zero-order valence-electron chi connectivity index (χ0n) is 21.9. The lowest BCUT2D eigenvalue weighted by Crippen LogP contribution is -2.04. The molecule has 2 rings (SSSR count). The fourth-order valence-corrected chi connectivity index (χ4v) is 2.75. The fourth-order valence-electron chi connectivity index (χ4n) is 2.75. The fraction of sp³-hybridized carbons (Fsp3) is 0.417. The predicted octanol–water partition coefficient (Wildman–Crippen LogP) is 5.02. The van der Waals surface area contributed by atoms with Crippen LogP contribution in [0.15, 0.2) is 30.3 Å². The molecule has 7 heteroatoms. The van der Waals surface area contributed by atoms with Crippen molar-refractivity contribution >= 4 is 11.8 Å². The van der Waals surface area contributed by atoms with Gasteiger partial charge in [0.15, 0.2) is 17.3 Å². The molecule has 2 N–H and O–H groups in total. The van der Waals surface area contributed by atoms with Gasteiger partial charge in [0, 0.05) is 12.0 Å². The smallest absolute Gasteiger partial charge is 0.335 e. The topological polar surface area (TPSA) is 102 Å². The summed E-state index contributed by atoms with van der Waals surface area (Å²) in [5.41, 5.74) is 0.366. The van der Waals surface area contributed by atoms with Crippen LogP contribution in [0, 0.1) is 6.92 Å². The molecule has 0 aliphatic carbocycles. The van der Waals surface area contributed by atoms with Crippen molar-refractivity contribution in [2.75, 3.05) is 20.2 Å². The summed E-state index contributed by atoms with van der Waals surface area (Å²) in [5.74, 6) is -1.45. The van der Waals surface area contributed by atoms with Crippen LogP contribution in [0.1, 0.15) is 70.8 Å². The first kappa shape index (κ1) is 18.5. The molecule has 0 radical (unpaired) electrons. The van der Waals surface area contributed by atoms with Crippen molar-refractivity contribution in [1.82, 2.24) is 0 Å². The maximum absolute atomic E-state index is 12.1. The highest BCUT2D eigenvalue weighted by Gasteiger charge is 2.15. The molecule has 2 aromatic carbocycles. The van der Waals surface area contributed by atoms with Crippen LogP contribution in [0.4, 0.5) is 0 Å². The number of methoxy groups -OCH3 is 1. The highest BCUT2D eigenvalue weighted by Crippen LogP contribution is 2.32. The summed E-state index contributed by atoms with van der Waals surface area (Å²) in [5, 5.41) is 19.4. The number of rotatable bonds is 13. The molecule has 0 aliphatic heterocycles. The summed E-state index contributed by atoms with van der Waals surface area (Å²) in [6.07, 6.45) is 0.604. The largest absolute Gasteiger partial charge is 0.507 e. The molecule has 31 heavy (non-hydrogen) atoms. The van der Waals surface area contributed by atoms with Gasteiger partial charge in [-0.3, -0.25) is 4.79 Å². The Bertz CT molecular complexity index is 1070. The number of carboxylic acids is 1. The first-order valence-electron chi connectivity index (χ1n) is 12.0. The van der Waals surface area contributed by atoms with E-state index in [0.29, 0.717) is 6.42 Å². The number of carbonyl (C=O) groups is 2. The number of carbonyl (C=O) groups excluding carboxylic acids is 1. The summed E-state index contributed by atoms with van der Waals surface area (Å²) in [7, 11) is 1.31. The Kier molecular flexibility index (Phi) is 7.08. The second kappa shape index (κ2) is 11.8. The van der Waals surface area contributed by atoms with E-state index >= 15 is 0 Å². The second-order valence-corrected chi connectivity index (χ2v) is 6.78. The third-order valence-corrected chi connectivity index (χ3v) is 4.49. The minimum atomic E-state index is -2.19. The molecule has 0 amide bonds. The summed E-state index contributed by atoms with van der Waals surface area (Å²) in [4.78, 5) is 23.2. The maximum Gasteiger partial charge on any atom is 0.335 e. The lowest BCUT2D eigenvalue weighted by molar-refractivity contribution is 0.0696. The number of phenols is 1. The van der Waals surface area contributed by atoms with E-state index in [0.717, 1.165) is 0 Å². The molecule has 0 unspecified atom stereocenters. The average molecular weight is 435 g/mol. The molecule has 0 bridgehead atoms. The van der Waals surface area contributed by atoms with Crippen LogP contribution >= 0.6 is 0 Å². The molecule has 0 saturated heterocycles. The van der Waals surface area contributed by atoms with Crippen molar-refractivity contribution < 1.29 is 39.5 Å². The van der Waals surface area contributed by atoms with Gasteiger partial charge in [-0.05, 0) is 62.9 Å². The Hall–Kier alpha value is -3.22. The quantitative estimate of drug-likeness (QED) is 0.427. The van der Waals surface area contributed by atoms with Gasteiger partial charge in [0.25, 0.3) is 0 Å². The molecule has 0 atom stereocenters. The third kappa shape index (κ3) is 6.64. The second-order valence-electron chi connectivity index (χ2n) is 6.78. The van der Waals surface area contributed by atoms with Gasteiger partial charge in [-0.2, -0.15) is 0 Å². The number of phenolic OH excluding ortho intramolecular Hbond substituents is 1. The monoisotopic (exact) mass is 434 g/mol. The normalized spacial score (nSPS) is 13.4. The molecular formula is C24H30O7. The Labute approximate surface area is 188 Å². The summed E-state index contributed by atoms with van der Waals surface area (Å²) < 4.78 is 48.4. The standard InChI is InChI=1S/C24H30O7/c1-4-8-19(25)18-10-12-20(16(2)23(18)26)30-13-6-5-7-14-31-21-11-9-17(24(27)28)15-22(21)29-3/h9-12,15,26H,4-8,13-14H2,1-3H3,(H,27,28)/i13D2,14D2. The molecule has 0 aromatic heterocycles. The third-order valence-electron chi connectivity index (χ3n) is 4.49. The van der Waals surface area contributed by atoms with E-state index in [1.165, 1.54) is 44.4 Å². The van der Waals surface area contributed by atoms with Crippen molar-refractivity contribution in [2.24, 2.45) is 0 Å². The van der Waals surface area contributed by atoms with Gasteiger partial charge < -0.3 is 24.4 Å². The van der Waals surface area contributed by atoms with Crippen LogP contribution in [0.2, 0.25) is 0 Å². The van der Waals surface area contributed by atoms with Gasteiger partial charge in [0.05, 0.1) is 36.8 Å². The molecule has 0 spiro atoms. The van der Waals surface area contributed by atoms with Crippen molar-refractivity contribution in [2.45, 2.75) is 46.0 Å². The highest BCUT2D eigenvalue weighted by molar-refractivity contribution is 5.99. The van der Waals surface area contributed by atoms with Crippen molar-refractivity contribution in [1.29, 1.82) is 0 Å². The van der Waals surface area contributed by atoms with Gasteiger partial charge in [0.1, 0.15) is 11.5 Å². The van der Waals surface area contributed by atoms with Crippen LogP contribution in [-0.4, -0.2) is 42.2 Å². The molecule has 7 nitrogen and oxygen atoms in total. The Morgan fingerprint density at radius 1 is 1.00 bits per heavy atom. The molecule has 0 heterocycles. The van der Waals surface area contributed by atoms with Crippen LogP contribution in [0.3, 0.4) is 0 Å². The summed E-state index contributed by atoms with van der Waals surface area (Å²) in [6, 6.07) is 6.62. The lowest BCUT2D eigenvalue weighted by atomic mass is 10.0. The zero-order valence-corrected chi connectivity index (χ0v) is 17.9. The molecule has 168 valence electrons. The Morgan fingerprint density at radius 3 is 2.26 bits per heavy atom. The molecular weight excluding hydrogens is 400 g/mol. The first-order valence-corrected chi connectivity index (χ1v) is 9.95. The predicted molar refractivity (Wildman–Crippen MR) is 117 cm³/mol. The summed E-state index contributed by atoms with van der Waals surface area (Å²) in [6.45, 7) is -0.988. The van der Waals surface area contributed by atoms with Crippen LogP contribution in [0.5, 0.6) is 23.0 Å². The minimum absolute atomic E-state index is 0.0190. The molecule has 0 aliphatic rings. The average Bonchev–Trinajstić information content (AvgIpc) is 2.76. The van der Waals surface area contributed by atoms with Crippen molar-refractivity contribution in [3.63, 3.8) is 0 Å². The number of ether oxygens (including phenoxy) is 3. The van der Waals surface area contributed by atoms with Gasteiger partial charge in [-0.25, -0.2) is 4.79 Å². The molecule has 0 fully saturated rings. The van der Waals surface area contributed by atoms with E-state index < -0.39 is 19.1 Å². The van der Waals surface area contributed by atoms with Gasteiger partial charge in [-0.1, -0.05) is 6.92 Å². The number of carboxylic acid groups (broad SMARTS) is 1. The number of hydrogen-bond donors (Lipinski definition) is 2. The van der Waals surface area contributed by atoms with E-state index in [1.807, 2.05) is 6.92 Å². The molecule has 2 aromatic rings. The van der Waals surface area contributed by atoms with Gasteiger partial charge in [-0.15, -0.1) is 0 Å². The van der Waals surface area contributed by atoms with Gasteiger partial charge >= 0.3 is 5.97 Å². The van der Waals surface area contributed by atoms with E-state index in [4.69, 9.17) is 24.8 Å². The minimum Gasteiger partial charge on any atom is -0.507 e. The van der Waals surface area contributed by atoms with E-state index in [-0.39, 0.29) is 71.2 Å². The van der Waals surface area contributed by atoms with Crippen LogP contribution in [0.25, 0.3) is 0 Å². The lowest BCUT2D eigenvalue weighted by Gasteiger charge is -2.13. The van der Waals surface area contributed by atoms with E-state index in [9.17, 15) is 14.7 Å². The number of aromatic carboxylic acids is 1. The molecule has 0 saturated carbocycles. The number of benzene rings is 2.